The molecule has 156 valence electrons. The number of carbonyl (C=O) groups excluding carboxylic acids is 1. The van der Waals surface area contributed by atoms with Gasteiger partial charge < -0.3 is 24.6 Å². The highest BCUT2D eigenvalue weighted by atomic mass is 16.4. The summed E-state index contributed by atoms with van der Waals surface area (Å²) in [4.78, 5) is 35.9. The monoisotopic (exact) mass is 410 g/mol. The average Bonchev–Trinajstić information content (AvgIpc) is 3.09. The summed E-state index contributed by atoms with van der Waals surface area (Å²) in [6, 6.07) is 3.28. The van der Waals surface area contributed by atoms with Crippen LogP contribution in [0.3, 0.4) is 0 Å². The molecule has 0 aromatic carbocycles. The van der Waals surface area contributed by atoms with Crippen molar-refractivity contribution in [3.8, 4) is 0 Å². The third kappa shape index (κ3) is 3.73. The molecule has 4 rings (SSSR count). The van der Waals surface area contributed by atoms with Gasteiger partial charge in [-0.15, -0.1) is 10.2 Å². The van der Waals surface area contributed by atoms with E-state index in [-0.39, 0.29) is 11.7 Å². The Morgan fingerprint density at radius 1 is 1.13 bits per heavy atom. The largest absolute Gasteiger partial charge is 0.465 e. The van der Waals surface area contributed by atoms with Gasteiger partial charge in [0.2, 0.25) is 0 Å². The third-order valence-corrected chi connectivity index (χ3v) is 5.05. The van der Waals surface area contributed by atoms with Crippen molar-refractivity contribution in [2.45, 2.75) is 26.8 Å². The van der Waals surface area contributed by atoms with Crippen molar-refractivity contribution in [2.75, 3.05) is 29.9 Å². The van der Waals surface area contributed by atoms with Crippen LogP contribution in [0, 0.1) is 13.8 Å². The first kappa shape index (κ1) is 19.6. The number of nitrogens with one attached hydrogen (secondary N) is 1. The summed E-state index contributed by atoms with van der Waals surface area (Å²) >= 11 is 0. The summed E-state index contributed by atoms with van der Waals surface area (Å²) in [6.07, 6.45) is 2.54. The Bertz CT molecular complexity index is 1110. The Kier molecular flexibility index (Phi) is 4.94. The van der Waals surface area contributed by atoms with E-state index in [0.717, 1.165) is 5.69 Å². The lowest BCUT2D eigenvalue weighted by molar-refractivity contribution is 0.102. The number of hydrogen-bond donors (Lipinski definition) is 2. The molecule has 11 heteroatoms. The smallest absolute Gasteiger partial charge is 0.407 e. The standard InChI is InChI=1S/C19H22N8O3/c1-11-8-26-10-14(21-13(3)17(26)20-11)18(28)22-15-4-5-16(24-23-15)25-6-7-27(19(29)30)12(2)9-25/h4-5,8,10,12H,6-7,9H2,1-3H3,(H,29,30)(H,22,23,28)/t12-/m0/s1. The summed E-state index contributed by atoms with van der Waals surface area (Å²) in [5.74, 6) is 0.550. The van der Waals surface area contributed by atoms with Crippen molar-refractivity contribution in [1.82, 2.24) is 29.5 Å². The average molecular weight is 410 g/mol. The quantitative estimate of drug-likeness (QED) is 0.666. The van der Waals surface area contributed by atoms with Crippen molar-refractivity contribution < 1.29 is 14.7 Å². The van der Waals surface area contributed by atoms with Crippen molar-refractivity contribution >= 4 is 29.3 Å². The van der Waals surface area contributed by atoms with Gasteiger partial charge in [0.1, 0.15) is 5.69 Å². The van der Waals surface area contributed by atoms with Gasteiger partial charge in [0.25, 0.3) is 5.91 Å². The number of hydrogen-bond acceptors (Lipinski definition) is 7. The van der Waals surface area contributed by atoms with Gasteiger partial charge in [-0.25, -0.2) is 14.8 Å². The van der Waals surface area contributed by atoms with Crippen LogP contribution in [0.5, 0.6) is 0 Å². The Morgan fingerprint density at radius 2 is 1.93 bits per heavy atom. The third-order valence-electron chi connectivity index (χ3n) is 5.05. The summed E-state index contributed by atoms with van der Waals surface area (Å²) in [5, 5.41) is 20.2. The maximum absolute atomic E-state index is 12.6. The summed E-state index contributed by atoms with van der Waals surface area (Å²) in [5.41, 5.74) is 2.47. The lowest BCUT2D eigenvalue weighted by atomic mass is 10.2. The molecule has 0 radical (unpaired) electrons. The van der Waals surface area contributed by atoms with Gasteiger partial charge in [-0.05, 0) is 32.9 Å². The highest BCUT2D eigenvalue weighted by Crippen LogP contribution is 2.18. The molecule has 4 heterocycles. The number of anilines is 2. The van der Waals surface area contributed by atoms with Crippen molar-refractivity contribution in [1.29, 1.82) is 0 Å². The minimum atomic E-state index is -0.917. The number of nitrogens with zero attached hydrogens (tertiary/aromatic N) is 7. The number of aromatic nitrogens is 5. The minimum absolute atomic E-state index is 0.145. The number of carbonyl (C=O) groups is 2. The number of fused-ring (bicyclic) bond motifs is 1. The molecule has 0 aliphatic carbocycles. The zero-order valence-electron chi connectivity index (χ0n) is 16.9. The maximum atomic E-state index is 12.6. The van der Waals surface area contributed by atoms with Gasteiger partial charge in [-0.1, -0.05) is 0 Å². The van der Waals surface area contributed by atoms with E-state index in [0.29, 0.717) is 42.6 Å². The summed E-state index contributed by atoms with van der Waals surface area (Å²) in [6.45, 7) is 7.00. The van der Waals surface area contributed by atoms with Crippen LogP contribution in [0.25, 0.3) is 5.65 Å². The highest BCUT2D eigenvalue weighted by Gasteiger charge is 2.27. The molecule has 2 amide bonds. The predicted octanol–water partition coefficient (Wildman–Crippen LogP) is 1.58. The molecule has 3 aromatic heterocycles. The number of carboxylic acid groups (broad SMARTS) is 1. The first-order valence-electron chi connectivity index (χ1n) is 9.54. The molecule has 1 fully saturated rings. The zero-order chi connectivity index (χ0) is 21.4. The van der Waals surface area contributed by atoms with Crippen LogP contribution in [0.15, 0.2) is 24.5 Å². The fraction of sp³-hybridized carbons (Fsp3) is 0.368. The van der Waals surface area contributed by atoms with Gasteiger partial charge in [0, 0.05) is 38.1 Å². The van der Waals surface area contributed by atoms with Crippen LogP contribution in [-0.4, -0.2) is 72.2 Å². The van der Waals surface area contributed by atoms with Gasteiger partial charge >= 0.3 is 6.09 Å². The number of imidazole rings is 1. The zero-order valence-corrected chi connectivity index (χ0v) is 16.9. The maximum Gasteiger partial charge on any atom is 0.407 e. The van der Waals surface area contributed by atoms with E-state index in [2.05, 4.69) is 25.5 Å². The van der Waals surface area contributed by atoms with Gasteiger partial charge in [0.05, 0.1) is 11.4 Å². The highest BCUT2D eigenvalue weighted by molar-refractivity contribution is 6.02. The Labute approximate surface area is 172 Å². The first-order chi connectivity index (χ1) is 14.3. The second-order valence-electron chi connectivity index (χ2n) is 7.33. The molecule has 0 spiro atoms. The van der Waals surface area contributed by atoms with Gasteiger partial charge in [-0.3, -0.25) is 4.79 Å². The number of rotatable bonds is 3. The molecule has 0 unspecified atom stereocenters. The number of amides is 2. The van der Waals surface area contributed by atoms with Crippen LogP contribution < -0.4 is 10.2 Å². The predicted molar refractivity (Wildman–Crippen MR) is 109 cm³/mol. The topological polar surface area (TPSA) is 129 Å². The first-order valence-corrected chi connectivity index (χ1v) is 9.54. The second-order valence-corrected chi connectivity index (χ2v) is 7.33. The molecule has 1 atom stereocenters. The minimum Gasteiger partial charge on any atom is -0.465 e. The molecular weight excluding hydrogens is 388 g/mol. The lowest BCUT2D eigenvalue weighted by Crippen LogP contribution is -2.54. The van der Waals surface area contributed by atoms with Gasteiger partial charge in [0.15, 0.2) is 17.3 Å². The Morgan fingerprint density at radius 3 is 2.60 bits per heavy atom. The van der Waals surface area contributed by atoms with Crippen LogP contribution in [0.2, 0.25) is 0 Å². The van der Waals surface area contributed by atoms with Crippen LogP contribution in [-0.2, 0) is 0 Å². The molecule has 2 N–H and O–H groups in total. The molecule has 1 saturated heterocycles. The normalized spacial score (nSPS) is 16.7. The summed E-state index contributed by atoms with van der Waals surface area (Å²) < 4.78 is 1.78. The lowest BCUT2D eigenvalue weighted by Gasteiger charge is -2.38. The molecule has 0 bridgehead atoms. The molecule has 1 aliphatic heterocycles. The molecule has 0 saturated carbocycles. The SMILES string of the molecule is Cc1cn2cc(C(=O)Nc3ccc(N4CCN(C(=O)O)[C@@H](C)C4)nn3)nc(C)c2n1. The fourth-order valence-electron chi connectivity index (χ4n) is 3.57. The molecule has 1 aliphatic rings. The molecule has 30 heavy (non-hydrogen) atoms. The van der Waals surface area contributed by atoms with E-state index in [9.17, 15) is 14.7 Å². The van der Waals surface area contributed by atoms with E-state index in [4.69, 9.17) is 0 Å². The fourth-order valence-corrected chi connectivity index (χ4v) is 3.57. The van der Waals surface area contributed by atoms with E-state index in [1.54, 1.807) is 29.7 Å². The molecule has 11 nitrogen and oxygen atoms in total. The molecule has 3 aromatic rings. The van der Waals surface area contributed by atoms with Gasteiger partial charge in [-0.2, -0.15) is 0 Å². The van der Waals surface area contributed by atoms with Crippen molar-refractivity contribution in [3.05, 3.63) is 41.6 Å². The molecular formula is C19H22N8O3. The van der Waals surface area contributed by atoms with Crippen LogP contribution >= 0.6 is 0 Å². The van der Waals surface area contributed by atoms with E-state index in [1.807, 2.05) is 24.9 Å². The van der Waals surface area contributed by atoms with Crippen LogP contribution in [0.4, 0.5) is 16.4 Å². The summed E-state index contributed by atoms with van der Waals surface area (Å²) in [7, 11) is 0. The van der Waals surface area contributed by atoms with E-state index in [1.165, 1.54) is 4.90 Å². The van der Waals surface area contributed by atoms with Crippen molar-refractivity contribution in [3.63, 3.8) is 0 Å². The number of piperazine rings is 1. The van der Waals surface area contributed by atoms with Crippen LogP contribution in [0.1, 0.15) is 28.8 Å². The van der Waals surface area contributed by atoms with E-state index < -0.39 is 12.0 Å². The Balaban J connectivity index is 1.45. The second kappa shape index (κ2) is 7.58. The Hall–Kier alpha value is -3.76. The number of aryl methyl sites for hydroxylation is 2. The van der Waals surface area contributed by atoms with Crippen molar-refractivity contribution in [2.24, 2.45) is 0 Å². The van der Waals surface area contributed by atoms with E-state index >= 15 is 0 Å².